The van der Waals surface area contributed by atoms with Gasteiger partial charge >= 0.3 is 0 Å². The number of hydrogen-bond donors (Lipinski definition) is 1. The molecule has 1 aromatic carbocycles. The van der Waals surface area contributed by atoms with Crippen molar-refractivity contribution in [2.24, 2.45) is 5.41 Å². The Hall–Kier alpha value is -1.73. The quantitative estimate of drug-likeness (QED) is 0.884. The van der Waals surface area contributed by atoms with Crippen LogP contribution in [0, 0.1) is 16.7 Å². The fraction of sp³-hybridized carbons (Fsp3) is 0.533. The van der Waals surface area contributed by atoms with Gasteiger partial charge in [-0.2, -0.15) is 5.26 Å². The van der Waals surface area contributed by atoms with Crippen molar-refractivity contribution in [2.75, 3.05) is 32.2 Å². The molecule has 0 bridgehead atoms. The van der Waals surface area contributed by atoms with Crippen LogP contribution in [0.4, 0.5) is 5.69 Å². The summed E-state index contributed by atoms with van der Waals surface area (Å²) in [6.07, 6.45) is 0. The molecule has 1 aliphatic rings. The minimum Gasteiger partial charge on any atom is -0.495 e. The smallest absolute Gasteiger partial charge is 0.141 e. The van der Waals surface area contributed by atoms with Gasteiger partial charge in [0.15, 0.2) is 0 Å². The first-order valence-electron chi connectivity index (χ1n) is 6.51. The van der Waals surface area contributed by atoms with Crippen LogP contribution < -0.4 is 10.1 Å². The summed E-state index contributed by atoms with van der Waals surface area (Å²) >= 11 is 0. The van der Waals surface area contributed by atoms with Crippen molar-refractivity contribution in [1.82, 2.24) is 0 Å². The Kier molecular flexibility index (Phi) is 3.96. The number of anilines is 1. The second kappa shape index (κ2) is 5.50. The van der Waals surface area contributed by atoms with Crippen molar-refractivity contribution < 1.29 is 9.47 Å². The lowest BCUT2D eigenvalue weighted by Gasteiger charge is -2.35. The molecule has 0 radical (unpaired) electrons. The molecule has 0 atom stereocenters. The van der Waals surface area contributed by atoms with Gasteiger partial charge in [-0.05, 0) is 23.6 Å². The standard InChI is InChI=1S/C15H20N2O2/c1-11(2)12-4-5-14(18-3)13(6-12)17-8-15(7-16)9-19-10-15/h4-6,11,17H,8-10H2,1-3H3. The van der Waals surface area contributed by atoms with Crippen LogP contribution in [0.1, 0.15) is 25.3 Å². The van der Waals surface area contributed by atoms with Gasteiger partial charge in [-0.1, -0.05) is 19.9 Å². The van der Waals surface area contributed by atoms with E-state index in [9.17, 15) is 5.26 Å². The normalized spacial score (nSPS) is 16.6. The van der Waals surface area contributed by atoms with E-state index < -0.39 is 5.41 Å². The number of rotatable bonds is 5. The number of nitrogens with zero attached hydrogens (tertiary/aromatic N) is 1. The molecule has 2 rings (SSSR count). The van der Waals surface area contributed by atoms with E-state index in [1.807, 2.05) is 6.07 Å². The summed E-state index contributed by atoms with van der Waals surface area (Å²) in [5, 5.41) is 12.5. The largest absolute Gasteiger partial charge is 0.495 e. The lowest BCUT2D eigenvalue weighted by molar-refractivity contribution is -0.0690. The van der Waals surface area contributed by atoms with E-state index in [4.69, 9.17) is 9.47 Å². The van der Waals surface area contributed by atoms with Crippen LogP contribution in [-0.2, 0) is 4.74 Å². The molecule has 1 heterocycles. The summed E-state index contributed by atoms with van der Waals surface area (Å²) in [6, 6.07) is 8.46. The molecule has 0 spiro atoms. The van der Waals surface area contributed by atoms with Gasteiger partial charge in [0.25, 0.3) is 0 Å². The van der Waals surface area contributed by atoms with E-state index in [2.05, 4.69) is 37.4 Å². The Morgan fingerprint density at radius 2 is 2.21 bits per heavy atom. The second-order valence-electron chi connectivity index (χ2n) is 5.35. The van der Waals surface area contributed by atoms with Crippen molar-refractivity contribution >= 4 is 5.69 Å². The van der Waals surface area contributed by atoms with Crippen LogP contribution in [0.15, 0.2) is 18.2 Å². The van der Waals surface area contributed by atoms with Gasteiger partial charge in [0.1, 0.15) is 11.2 Å². The van der Waals surface area contributed by atoms with Crippen molar-refractivity contribution in [3.05, 3.63) is 23.8 Å². The first-order valence-corrected chi connectivity index (χ1v) is 6.51. The summed E-state index contributed by atoms with van der Waals surface area (Å²) in [7, 11) is 1.65. The fourth-order valence-electron chi connectivity index (χ4n) is 2.04. The molecule has 4 nitrogen and oxygen atoms in total. The van der Waals surface area contributed by atoms with Gasteiger partial charge in [-0.25, -0.2) is 0 Å². The van der Waals surface area contributed by atoms with Crippen LogP contribution in [0.2, 0.25) is 0 Å². The van der Waals surface area contributed by atoms with Gasteiger partial charge in [-0.3, -0.25) is 0 Å². The van der Waals surface area contributed by atoms with Crippen LogP contribution in [0.5, 0.6) is 5.75 Å². The Balaban J connectivity index is 2.14. The first kappa shape index (κ1) is 13.7. The predicted molar refractivity (Wildman–Crippen MR) is 74.4 cm³/mol. The summed E-state index contributed by atoms with van der Waals surface area (Å²) in [4.78, 5) is 0. The van der Waals surface area contributed by atoms with E-state index in [0.29, 0.717) is 25.7 Å². The third-order valence-electron chi connectivity index (χ3n) is 3.50. The van der Waals surface area contributed by atoms with Crippen LogP contribution in [0.3, 0.4) is 0 Å². The molecular formula is C15H20N2O2. The summed E-state index contributed by atoms with van der Waals surface area (Å²) < 4.78 is 10.5. The number of hydrogen-bond acceptors (Lipinski definition) is 4. The molecule has 1 saturated heterocycles. The maximum atomic E-state index is 9.18. The average molecular weight is 260 g/mol. The lowest BCUT2D eigenvalue weighted by atomic mass is 9.88. The monoisotopic (exact) mass is 260 g/mol. The molecule has 1 aliphatic heterocycles. The average Bonchev–Trinajstić information content (AvgIpc) is 2.37. The third-order valence-corrected chi connectivity index (χ3v) is 3.50. The number of methoxy groups -OCH3 is 1. The van der Waals surface area contributed by atoms with Gasteiger partial charge in [0, 0.05) is 6.54 Å². The minimum atomic E-state index is -0.390. The summed E-state index contributed by atoms with van der Waals surface area (Å²) in [5.74, 6) is 1.26. The Morgan fingerprint density at radius 1 is 1.47 bits per heavy atom. The topological polar surface area (TPSA) is 54.3 Å². The molecule has 0 aliphatic carbocycles. The molecular weight excluding hydrogens is 240 g/mol. The van der Waals surface area contributed by atoms with Gasteiger partial charge < -0.3 is 14.8 Å². The van der Waals surface area contributed by atoms with Crippen molar-refractivity contribution in [1.29, 1.82) is 5.26 Å². The first-order chi connectivity index (χ1) is 9.10. The maximum Gasteiger partial charge on any atom is 0.141 e. The molecule has 1 aromatic rings. The highest BCUT2D eigenvalue weighted by atomic mass is 16.5. The summed E-state index contributed by atoms with van der Waals surface area (Å²) in [6.45, 7) is 5.90. The highest BCUT2D eigenvalue weighted by Gasteiger charge is 2.38. The lowest BCUT2D eigenvalue weighted by Crippen LogP contribution is -2.46. The van der Waals surface area contributed by atoms with Crippen LogP contribution in [0.25, 0.3) is 0 Å². The highest BCUT2D eigenvalue weighted by molar-refractivity contribution is 5.58. The number of ether oxygens (including phenoxy) is 2. The second-order valence-corrected chi connectivity index (χ2v) is 5.35. The molecule has 102 valence electrons. The summed E-state index contributed by atoms with van der Waals surface area (Å²) in [5.41, 5.74) is 1.80. The molecule has 0 aromatic heterocycles. The van der Waals surface area contributed by atoms with Crippen molar-refractivity contribution in [3.63, 3.8) is 0 Å². The number of nitrogens with one attached hydrogen (secondary N) is 1. The molecule has 0 amide bonds. The Labute approximate surface area is 114 Å². The zero-order chi connectivity index (χ0) is 13.9. The van der Waals surface area contributed by atoms with Crippen molar-refractivity contribution in [2.45, 2.75) is 19.8 Å². The van der Waals surface area contributed by atoms with Crippen LogP contribution >= 0.6 is 0 Å². The van der Waals surface area contributed by atoms with E-state index in [1.54, 1.807) is 7.11 Å². The third kappa shape index (κ3) is 2.82. The maximum absolute atomic E-state index is 9.18. The molecule has 0 saturated carbocycles. The van der Waals surface area contributed by atoms with Gasteiger partial charge in [0.2, 0.25) is 0 Å². The van der Waals surface area contributed by atoms with Crippen LogP contribution in [-0.4, -0.2) is 26.9 Å². The molecule has 1 N–H and O–H groups in total. The Morgan fingerprint density at radius 3 is 2.68 bits per heavy atom. The SMILES string of the molecule is COc1ccc(C(C)C)cc1NCC1(C#N)COC1. The van der Waals surface area contributed by atoms with E-state index >= 15 is 0 Å². The predicted octanol–water partition coefficient (Wildman–Crippen LogP) is 2.77. The Bertz CT molecular complexity index is 487. The highest BCUT2D eigenvalue weighted by Crippen LogP contribution is 2.32. The zero-order valence-electron chi connectivity index (χ0n) is 11.7. The molecule has 4 heteroatoms. The van der Waals surface area contributed by atoms with E-state index in [0.717, 1.165) is 11.4 Å². The zero-order valence-corrected chi connectivity index (χ0v) is 11.7. The molecule has 0 unspecified atom stereocenters. The molecule has 1 fully saturated rings. The van der Waals surface area contributed by atoms with Crippen molar-refractivity contribution in [3.8, 4) is 11.8 Å². The minimum absolute atomic E-state index is 0.390. The fourth-order valence-corrected chi connectivity index (χ4v) is 2.04. The van der Waals surface area contributed by atoms with Gasteiger partial charge in [-0.15, -0.1) is 0 Å². The van der Waals surface area contributed by atoms with E-state index in [-0.39, 0.29) is 0 Å². The number of benzene rings is 1. The van der Waals surface area contributed by atoms with Gasteiger partial charge in [0.05, 0.1) is 32.1 Å². The molecule has 19 heavy (non-hydrogen) atoms. The van der Waals surface area contributed by atoms with E-state index in [1.165, 1.54) is 5.56 Å². The number of nitriles is 1.